The first-order valence-corrected chi connectivity index (χ1v) is 11.0. The molecule has 0 spiro atoms. The van der Waals surface area contributed by atoms with Crippen LogP contribution in [0.5, 0.6) is 0 Å². The molecule has 0 unspecified atom stereocenters. The molecule has 0 bridgehead atoms. The molecule has 0 radical (unpaired) electrons. The molecule has 6 rings (SSSR count). The molecule has 2 aromatic heterocycles. The third-order valence-corrected chi connectivity index (χ3v) is 7.05. The lowest BCUT2D eigenvalue weighted by molar-refractivity contribution is -0.660. The maximum absolute atomic E-state index is 6.53. The molecule has 0 atom stereocenters. The van der Waals surface area contributed by atoms with Gasteiger partial charge < -0.3 is 4.42 Å². The zero-order valence-corrected chi connectivity index (χ0v) is 17.6. The van der Waals surface area contributed by atoms with Gasteiger partial charge in [-0.15, -0.1) is 0 Å². The van der Waals surface area contributed by atoms with Gasteiger partial charge in [-0.25, -0.2) is 4.57 Å². The quantitative estimate of drug-likeness (QED) is 0.290. The minimum atomic E-state index is 0.692. The van der Waals surface area contributed by atoms with Crippen LogP contribution in [-0.4, -0.2) is 0 Å². The van der Waals surface area contributed by atoms with E-state index in [1.165, 1.54) is 69.6 Å². The highest BCUT2D eigenvalue weighted by Crippen LogP contribution is 2.43. The molecule has 0 N–H and O–H groups in total. The lowest BCUT2D eigenvalue weighted by atomic mass is 9.91. The highest BCUT2D eigenvalue weighted by atomic mass is 16.3. The summed E-state index contributed by atoms with van der Waals surface area (Å²) in [5.41, 5.74) is 7.19. The average molecular weight is 393 g/mol. The van der Waals surface area contributed by atoms with E-state index in [9.17, 15) is 0 Å². The zero-order valence-electron chi connectivity index (χ0n) is 17.6. The van der Waals surface area contributed by atoms with E-state index < -0.39 is 0 Å². The molecule has 0 amide bonds. The second-order valence-electron chi connectivity index (χ2n) is 8.79. The van der Waals surface area contributed by atoms with Crippen molar-refractivity contribution in [2.24, 2.45) is 7.05 Å². The van der Waals surface area contributed by atoms with Gasteiger partial charge in [0.2, 0.25) is 5.69 Å². The summed E-state index contributed by atoms with van der Waals surface area (Å²) in [5, 5.41) is 5.00. The Kier molecular flexibility index (Phi) is 3.95. The minimum Gasteiger partial charge on any atom is -0.455 e. The minimum absolute atomic E-state index is 0.692. The largest absolute Gasteiger partial charge is 0.455 e. The molecule has 0 aliphatic heterocycles. The predicted octanol–water partition coefficient (Wildman–Crippen LogP) is 7.20. The van der Waals surface area contributed by atoms with Crippen LogP contribution < -0.4 is 4.57 Å². The number of aryl methyl sites for hydroxylation is 2. The molecule has 3 aromatic carbocycles. The van der Waals surface area contributed by atoms with E-state index >= 15 is 0 Å². The van der Waals surface area contributed by atoms with Crippen LogP contribution in [-0.2, 0) is 7.05 Å². The molecular weight excluding hydrogens is 366 g/mol. The monoisotopic (exact) mass is 392 g/mol. The second kappa shape index (κ2) is 6.70. The lowest BCUT2D eigenvalue weighted by Crippen LogP contribution is -2.31. The van der Waals surface area contributed by atoms with Gasteiger partial charge in [-0.1, -0.05) is 55.3 Å². The Labute approximate surface area is 176 Å². The van der Waals surface area contributed by atoms with Crippen molar-refractivity contribution in [3.63, 3.8) is 0 Å². The van der Waals surface area contributed by atoms with E-state index in [0.29, 0.717) is 5.92 Å². The van der Waals surface area contributed by atoms with Gasteiger partial charge in [0, 0.05) is 22.9 Å². The Balaban J connectivity index is 1.75. The summed E-state index contributed by atoms with van der Waals surface area (Å²) in [6, 6.07) is 21.9. The first-order chi connectivity index (χ1) is 14.7. The molecule has 148 valence electrons. The van der Waals surface area contributed by atoms with Gasteiger partial charge in [0.25, 0.3) is 0 Å². The van der Waals surface area contributed by atoms with Crippen molar-refractivity contribution in [1.82, 2.24) is 0 Å². The maximum atomic E-state index is 6.53. The SMILES string of the molecule is Cc1c(-c2cc(C3CCCC3)cc[n+]2C)c2oc3ccccc3c2c2ccccc12. The summed E-state index contributed by atoms with van der Waals surface area (Å²) in [6.07, 6.45) is 7.55. The number of para-hydroxylation sites is 1. The van der Waals surface area contributed by atoms with Crippen LogP contribution in [0, 0.1) is 6.92 Å². The van der Waals surface area contributed by atoms with Crippen LogP contribution in [0.2, 0.25) is 0 Å². The standard InChI is InChI=1S/C28H26NO/c1-18-21-11-5-6-12-22(21)27-23-13-7-8-14-25(23)30-28(27)26(18)24-17-20(15-16-29(24)2)19-9-3-4-10-19/h5-8,11-17,19H,3-4,9-10H2,1-2H3/q+1. The Morgan fingerprint density at radius 1 is 0.867 bits per heavy atom. The van der Waals surface area contributed by atoms with E-state index in [1.807, 2.05) is 0 Å². The molecule has 2 nitrogen and oxygen atoms in total. The van der Waals surface area contributed by atoms with Gasteiger partial charge in [0.1, 0.15) is 18.2 Å². The number of pyridine rings is 1. The normalized spacial score (nSPS) is 15.0. The predicted molar refractivity (Wildman–Crippen MR) is 124 cm³/mol. The van der Waals surface area contributed by atoms with Crippen LogP contribution in [0.1, 0.15) is 42.7 Å². The van der Waals surface area contributed by atoms with Gasteiger partial charge in [-0.05, 0) is 53.6 Å². The van der Waals surface area contributed by atoms with Crippen LogP contribution in [0.4, 0.5) is 0 Å². The Morgan fingerprint density at radius 3 is 2.37 bits per heavy atom. The number of hydrogen-bond donors (Lipinski definition) is 0. The number of hydrogen-bond acceptors (Lipinski definition) is 1. The van der Waals surface area contributed by atoms with Gasteiger partial charge in [-0.2, -0.15) is 0 Å². The van der Waals surface area contributed by atoms with Crippen LogP contribution in [0.3, 0.4) is 0 Å². The molecular formula is C28H26NO+. The smallest absolute Gasteiger partial charge is 0.216 e. The zero-order chi connectivity index (χ0) is 20.2. The summed E-state index contributed by atoms with van der Waals surface area (Å²) in [7, 11) is 2.15. The first kappa shape index (κ1) is 17.7. The van der Waals surface area contributed by atoms with Crippen molar-refractivity contribution in [3.05, 3.63) is 78.0 Å². The van der Waals surface area contributed by atoms with Crippen LogP contribution >= 0.6 is 0 Å². The fourth-order valence-corrected chi connectivity index (χ4v) is 5.48. The van der Waals surface area contributed by atoms with Crippen molar-refractivity contribution < 1.29 is 8.98 Å². The van der Waals surface area contributed by atoms with Crippen molar-refractivity contribution in [2.45, 2.75) is 38.5 Å². The molecule has 2 heteroatoms. The summed E-state index contributed by atoms with van der Waals surface area (Å²) < 4.78 is 8.79. The second-order valence-corrected chi connectivity index (χ2v) is 8.79. The average Bonchev–Trinajstić information content (AvgIpc) is 3.43. The molecule has 1 saturated carbocycles. The summed E-state index contributed by atoms with van der Waals surface area (Å²) in [6.45, 7) is 2.24. The molecule has 1 aliphatic rings. The molecule has 30 heavy (non-hydrogen) atoms. The van der Waals surface area contributed by atoms with Gasteiger partial charge >= 0.3 is 0 Å². The van der Waals surface area contributed by atoms with Crippen molar-refractivity contribution in [1.29, 1.82) is 0 Å². The maximum Gasteiger partial charge on any atom is 0.216 e. The number of rotatable bonds is 2. The highest BCUT2D eigenvalue weighted by molar-refractivity contribution is 6.23. The van der Waals surface area contributed by atoms with E-state index in [1.54, 1.807) is 0 Å². The highest BCUT2D eigenvalue weighted by Gasteiger charge is 2.26. The van der Waals surface area contributed by atoms with Crippen molar-refractivity contribution >= 4 is 32.7 Å². The number of fused-ring (bicyclic) bond motifs is 5. The van der Waals surface area contributed by atoms with E-state index in [2.05, 4.69) is 85.4 Å². The van der Waals surface area contributed by atoms with E-state index in [4.69, 9.17) is 4.42 Å². The van der Waals surface area contributed by atoms with Gasteiger partial charge in [0.05, 0.1) is 5.56 Å². The Hall–Kier alpha value is -3.13. The summed E-state index contributed by atoms with van der Waals surface area (Å²) in [5.74, 6) is 0.692. The fraction of sp³-hybridized carbons (Fsp3) is 0.250. The van der Waals surface area contributed by atoms with Crippen molar-refractivity contribution in [2.75, 3.05) is 0 Å². The van der Waals surface area contributed by atoms with Crippen LogP contribution in [0.25, 0.3) is 44.0 Å². The van der Waals surface area contributed by atoms with Crippen LogP contribution in [0.15, 0.2) is 71.3 Å². The summed E-state index contributed by atoms with van der Waals surface area (Å²) >= 11 is 0. The number of nitrogens with zero attached hydrogens (tertiary/aromatic N) is 1. The fourth-order valence-electron chi connectivity index (χ4n) is 5.48. The molecule has 5 aromatic rings. The lowest BCUT2D eigenvalue weighted by Gasteiger charge is -2.13. The topological polar surface area (TPSA) is 17.0 Å². The first-order valence-electron chi connectivity index (χ1n) is 11.0. The summed E-state index contributed by atoms with van der Waals surface area (Å²) in [4.78, 5) is 0. The number of benzene rings is 3. The van der Waals surface area contributed by atoms with Crippen molar-refractivity contribution in [3.8, 4) is 11.3 Å². The molecule has 0 saturated heterocycles. The number of furan rings is 1. The Morgan fingerprint density at radius 2 is 1.57 bits per heavy atom. The van der Waals surface area contributed by atoms with E-state index in [0.717, 1.165) is 11.2 Å². The Bertz CT molecular complexity index is 1420. The van der Waals surface area contributed by atoms with E-state index in [-0.39, 0.29) is 0 Å². The van der Waals surface area contributed by atoms with Gasteiger partial charge in [0.15, 0.2) is 6.20 Å². The molecule has 1 fully saturated rings. The molecule has 1 aliphatic carbocycles. The molecule has 2 heterocycles. The third kappa shape index (κ3) is 2.53. The van der Waals surface area contributed by atoms with Gasteiger partial charge in [-0.3, -0.25) is 0 Å². The third-order valence-electron chi connectivity index (χ3n) is 7.05. The number of aromatic nitrogens is 1.